The summed E-state index contributed by atoms with van der Waals surface area (Å²) >= 11 is 0. The maximum atomic E-state index is 12.3. The Labute approximate surface area is 102 Å². The van der Waals surface area contributed by atoms with E-state index < -0.39 is 0 Å². The standard InChI is InChI=1S/C14H19NO2/c1-11-10-12(6-7-13(11)16)14(17)15-8-4-2-3-5-9-15/h6-7,10,16H,2-5,8-9H2,1H3. The third-order valence-corrected chi connectivity index (χ3v) is 3.34. The number of hydrogen-bond acceptors (Lipinski definition) is 2. The summed E-state index contributed by atoms with van der Waals surface area (Å²) in [4.78, 5) is 14.2. The Hall–Kier alpha value is -1.51. The highest BCUT2D eigenvalue weighted by molar-refractivity contribution is 5.94. The van der Waals surface area contributed by atoms with Crippen LogP contribution in [0.2, 0.25) is 0 Å². The fourth-order valence-electron chi connectivity index (χ4n) is 2.24. The molecule has 3 nitrogen and oxygen atoms in total. The molecule has 1 aromatic rings. The third kappa shape index (κ3) is 2.78. The van der Waals surface area contributed by atoms with E-state index in [1.54, 1.807) is 18.2 Å². The molecule has 0 atom stereocenters. The summed E-state index contributed by atoms with van der Waals surface area (Å²) in [5, 5.41) is 9.46. The monoisotopic (exact) mass is 233 g/mol. The van der Waals surface area contributed by atoms with Gasteiger partial charge in [0.15, 0.2) is 0 Å². The molecule has 0 radical (unpaired) electrons. The van der Waals surface area contributed by atoms with Gasteiger partial charge in [-0.25, -0.2) is 0 Å². The number of amides is 1. The van der Waals surface area contributed by atoms with Crippen LogP contribution in [0.25, 0.3) is 0 Å². The van der Waals surface area contributed by atoms with Crippen LogP contribution in [0.3, 0.4) is 0 Å². The molecule has 3 heteroatoms. The molecule has 0 aliphatic carbocycles. The fraction of sp³-hybridized carbons (Fsp3) is 0.500. The van der Waals surface area contributed by atoms with Gasteiger partial charge < -0.3 is 10.0 Å². The second kappa shape index (κ2) is 5.21. The van der Waals surface area contributed by atoms with E-state index in [2.05, 4.69) is 0 Å². The Morgan fingerprint density at radius 2 is 1.82 bits per heavy atom. The lowest BCUT2D eigenvalue weighted by Crippen LogP contribution is -2.31. The van der Waals surface area contributed by atoms with Crippen LogP contribution in [0, 0.1) is 6.92 Å². The van der Waals surface area contributed by atoms with Crippen LogP contribution < -0.4 is 0 Å². The van der Waals surface area contributed by atoms with E-state index in [-0.39, 0.29) is 11.7 Å². The number of carbonyl (C=O) groups is 1. The van der Waals surface area contributed by atoms with Gasteiger partial charge in [-0.2, -0.15) is 0 Å². The fourth-order valence-corrected chi connectivity index (χ4v) is 2.24. The van der Waals surface area contributed by atoms with E-state index in [0.717, 1.165) is 31.5 Å². The maximum absolute atomic E-state index is 12.3. The molecule has 2 rings (SSSR count). The highest BCUT2D eigenvalue weighted by Crippen LogP contribution is 2.19. The minimum absolute atomic E-state index is 0.0926. The molecular weight excluding hydrogens is 214 g/mol. The minimum Gasteiger partial charge on any atom is -0.508 e. The molecule has 0 aromatic heterocycles. The van der Waals surface area contributed by atoms with E-state index in [1.807, 2.05) is 11.8 Å². The zero-order chi connectivity index (χ0) is 12.3. The normalized spacial score (nSPS) is 16.6. The quantitative estimate of drug-likeness (QED) is 0.810. The molecule has 1 amide bonds. The Bertz CT molecular complexity index is 407. The van der Waals surface area contributed by atoms with Crippen molar-refractivity contribution in [2.75, 3.05) is 13.1 Å². The Morgan fingerprint density at radius 3 is 2.41 bits per heavy atom. The largest absolute Gasteiger partial charge is 0.508 e. The van der Waals surface area contributed by atoms with Gasteiger partial charge in [-0.3, -0.25) is 4.79 Å². The van der Waals surface area contributed by atoms with Gasteiger partial charge in [-0.05, 0) is 43.5 Å². The van der Waals surface area contributed by atoms with Crippen LogP contribution in [0.4, 0.5) is 0 Å². The molecule has 1 aromatic carbocycles. The number of aryl methyl sites for hydroxylation is 1. The molecule has 1 aliphatic rings. The van der Waals surface area contributed by atoms with Gasteiger partial charge in [0.2, 0.25) is 0 Å². The summed E-state index contributed by atoms with van der Waals surface area (Å²) in [6, 6.07) is 5.07. The lowest BCUT2D eigenvalue weighted by Gasteiger charge is -2.20. The number of carbonyl (C=O) groups excluding carboxylic acids is 1. The number of benzene rings is 1. The summed E-state index contributed by atoms with van der Waals surface area (Å²) in [5.41, 5.74) is 1.44. The number of aromatic hydroxyl groups is 1. The molecule has 0 unspecified atom stereocenters. The van der Waals surface area contributed by atoms with Crippen LogP contribution in [0.5, 0.6) is 5.75 Å². The van der Waals surface area contributed by atoms with Gasteiger partial charge >= 0.3 is 0 Å². The minimum atomic E-state index is 0.0926. The van der Waals surface area contributed by atoms with Crippen LogP contribution in [-0.4, -0.2) is 29.0 Å². The summed E-state index contributed by atoms with van der Waals surface area (Å²) in [5.74, 6) is 0.340. The second-order valence-corrected chi connectivity index (χ2v) is 4.71. The van der Waals surface area contributed by atoms with Crippen LogP contribution in [-0.2, 0) is 0 Å². The highest BCUT2D eigenvalue weighted by atomic mass is 16.3. The lowest BCUT2D eigenvalue weighted by molar-refractivity contribution is 0.0761. The van der Waals surface area contributed by atoms with Gasteiger partial charge in [0.25, 0.3) is 5.91 Å². The van der Waals surface area contributed by atoms with Crippen molar-refractivity contribution in [3.63, 3.8) is 0 Å². The first kappa shape index (κ1) is 12.0. The van der Waals surface area contributed by atoms with Crippen molar-refractivity contribution in [3.8, 4) is 5.75 Å². The molecule has 1 aliphatic heterocycles. The smallest absolute Gasteiger partial charge is 0.253 e. The highest BCUT2D eigenvalue weighted by Gasteiger charge is 2.17. The van der Waals surface area contributed by atoms with Crippen molar-refractivity contribution in [2.24, 2.45) is 0 Å². The Morgan fingerprint density at radius 1 is 1.18 bits per heavy atom. The molecule has 0 saturated carbocycles. The molecule has 92 valence electrons. The molecule has 0 spiro atoms. The van der Waals surface area contributed by atoms with Crippen LogP contribution in [0.15, 0.2) is 18.2 Å². The second-order valence-electron chi connectivity index (χ2n) is 4.71. The van der Waals surface area contributed by atoms with Gasteiger partial charge in [-0.1, -0.05) is 12.8 Å². The average Bonchev–Trinajstić information content (AvgIpc) is 2.60. The zero-order valence-electron chi connectivity index (χ0n) is 10.3. The van der Waals surface area contributed by atoms with Gasteiger partial charge in [0.1, 0.15) is 5.75 Å². The van der Waals surface area contributed by atoms with Gasteiger partial charge in [0.05, 0.1) is 0 Å². The first-order valence-electron chi connectivity index (χ1n) is 6.27. The van der Waals surface area contributed by atoms with Crippen molar-refractivity contribution in [2.45, 2.75) is 32.6 Å². The predicted molar refractivity (Wildman–Crippen MR) is 67.2 cm³/mol. The van der Waals surface area contributed by atoms with Crippen molar-refractivity contribution >= 4 is 5.91 Å². The number of nitrogens with zero attached hydrogens (tertiary/aromatic N) is 1. The van der Waals surface area contributed by atoms with E-state index in [0.29, 0.717) is 5.56 Å². The summed E-state index contributed by atoms with van der Waals surface area (Å²) in [6.07, 6.45) is 4.64. The first-order valence-corrected chi connectivity index (χ1v) is 6.27. The van der Waals surface area contributed by atoms with Gasteiger partial charge in [-0.15, -0.1) is 0 Å². The molecule has 17 heavy (non-hydrogen) atoms. The third-order valence-electron chi connectivity index (χ3n) is 3.34. The number of likely N-dealkylation sites (tertiary alicyclic amines) is 1. The van der Waals surface area contributed by atoms with E-state index in [9.17, 15) is 9.90 Å². The molecule has 1 saturated heterocycles. The summed E-state index contributed by atoms with van der Waals surface area (Å²) < 4.78 is 0. The van der Waals surface area contributed by atoms with Crippen LogP contribution in [0.1, 0.15) is 41.6 Å². The van der Waals surface area contributed by atoms with E-state index >= 15 is 0 Å². The molecule has 1 fully saturated rings. The van der Waals surface area contributed by atoms with Crippen LogP contribution >= 0.6 is 0 Å². The van der Waals surface area contributed by atoms with Crippen molar-refractivity contribution in [1.82, 2.24) is 4.90 Å². The number of rotatable bonds is 1. The Kier molecular flexibility index (Phi) is 3.67. The van der Waals surface area contributed by atoms with Crippen molar-refractivity contribution in [1.29, 1.82) is 0 Å². The van der Waals surface area contributed by atoms with Crippen molar-refractivity contribution in [3.05, 3.63) is 29.3 Å². The number of phenols is 1. The average molecular weight is 233 g/mol. The molecule has 1 N–H and O–H groups in total. The summed E-state index contributed by atoms with van der Waals surface area (Å²) in [6.45, 7) is 3.53. The number of hydrogen-bond donors (Lipinski definition) is 1. The SMILES string of the molecule is Cc1cc(C(=O)N2CCCCCC2)ccc1O. The maximum Gasteiger partial charge on any atom is 0.253 e. The van der Waals surface area contributed by atoms with E-state index in [4.69, 9.17) is 0 Å². The Balaban J connectivity index is 2.14. The zero-order valence-corrected chi connectivity index (χ0v) is 10.3. The topological polar surface area (TPSA) is 40.5 Å². The first-order chi connectivity index (χ1) is 8.18. The molecule has 1 heterocycles. The van der Waals surface area contributed by atoms with Gasteiger partial charge in [0, 0.05) is 18.7 Å². The summed E-state index contributed by atoms with van der Waals surface area (Å²) in [7, 11) is 0. The lowest BCUT2D eigenvalue weighted by atomic mass is 10.1. The van der Waals surface area contributed by atoms with Crippen molar-refractivity contribution < 1.29 is 9.90 Å². The molecule has 0 bridgehead atoms. The molecular formula is C14H19NO2. The predicted octanol–water partition coefficient (Wildman–Crippen LogP) is 2.72. The van der Waals surface area contributed by atoms with E-state index in [1.165, 1.54) is 12.8 Å². The number of phenolic OH excluding ortho intramolecular Hbond substituents is 1.